The van der Waals surface area contributed by atoms with Crippen LogP contribution < -0.4 is 10.1 Å². The maximum Gasteiger partial charge on any atom is 0.277 e. The number of aliphatic hydroxyl groups is 1. The molecule has 2 aromatic rings. The number of amides is 1. The zero-order valence-electron chi connectivity index (χ0n) is 20.2. The van der Waals surface area contributed by atoms with Gasteiger partial charge in [-0.2, -0.15) is 0 Å². The molecule has 0 saturated carbocycles. The van der Waals surface area contributed by atoms with Gasteiger partial charge in [-0.1, -0.05) is 44.7 Å². The SMILES string of the molecule is CCCCCCCOc1ccc(CC[C@@](C)(CO)NC(=O)c2cc([N+](=O)[O-])cc([N+](=O)[O-])c2)cc1. The Labute approximate surface area is 204 Å². The normalized spacial score (nSPS) is 12.5. The van der Waals surface area contributed by atoms with E-state index >= 15 is 0 Å². The Morgan fingerprint density at radius 1 is 1.00 bits per heavy atom. The van der Waals surface area contributed by atoms with E-state index in [2.05, 4.69) is 12.2 Å². The number of non-ortho nitro benzene ring substituents is 2. The molecule has 0 saturated heterocycles. The van der Waals surface area contributed by atoms with Gasteiger partial charge in [0.2, 0.25) is 0 Å². The molecule has 2 N–H and O–H groups in total. The molecular formula is C25H33N3O7. The van der Waals surface area contributed by atoms with E-state index in [0.29, 0.717) is 19.4 Å². The Bertz CT molecular complexity index is 978. The van der Waals surface area contributed by atoms with Gasteiger partial charge >= 0.3 is 0 Å². The van der Waals surface area contributed by atoms with Gasteiger partial charge in [-0.3, -0.25) is 25.0 Å². The van der Waals surface area contributed by atoms with Gasteiger partial charge < -0.3 is 15.2 Å². The van der Waals surface area contributed by atoms with E-state index in [0.717, 1.165) is 42.4 Å². The van der Waals surface area contributed by atoms with Crippen molar-refractivity contribution in [1.29, 1.82) is 0 Å². The molecule has 0 aliphatic rings. The summed E-state index contributed by atoms with van der Waals surface area (Å²) in [5.74, 6) is 0.0470. The summed E-state index contributed by atoms with van der Waals surface area (Å²) in [5, 5.41) is 34.8. The number of carbonyl (C=O) groups excluding carboxylic acids is 1. The predicted octanol–water partition coefficient (Wildman–Crippen LogP) is 4.97. The van der Waals surface area contributed by atoms with Crippen LogP contribution in [0, 0.1) is 20.2 Å². The fourth-order valence-electron chi connectivity index (χ4n) is 3.53. The molecule has 0 fully saturated rings. The summed E-state index contributed by atoms with van der Waals surface area (Å²) in [5.41, 5.74) is -1.39. The van der Waals surface area contributed by atoms with Gasteiger partial charge in [-0.15, -0.1) is 0 Å². The first-order valence-corrected chi connectivity index (χ1v) is 11.8. The Balaban J connectivity index is 1.96. The molecule has 190 valence electrons. The fraction of sp³-hybridized carbons (Fsp3) is 0.480. The number of nitrogens with zero attached hydrogens (tertiary/aromatic N) is 2. The molecule has 10 nitrogen and oxygen atoms in total. The molecule has 10 heteroatoms. The number of hydrogen-bond acceptors (Lipinski definition) is 7. The van der Waals surface area contributed by atoms with Gasteiger partial charge in [0.15, 0.2) is 0 Å². The van der Waals surface area contributed by atoms with Crippen LogP contribution in [0.15, 0.2) is 42.5 Å². The van der Waals surface area contributed by atoms with E-state index in [4.69, 9.17) is 4.74 Å². The topological polar surface area (TPSA) is 145 Å². The van der Waals surface area contributed by atoms with Crippen molar-refractivity contribution in [2.24, 2.45) is 0 Å². The number of rotatable bonds is 15. The standard InChI is InChI=1S/C25H33N3O7/c1-3-4-5-6-7-14-35-23-10-8-19(9-11-23)12-13-25(2,18-29)26-24(30)20-15-21(27(31)32)17-22(16-20)28(33)34/h8-11,15-17,29H,3-7,12-14,18H2,1-2H3,(H,26,30)/t25-/m0/s1. The summed E-state index contributed by atoms with van der Waals surface area (Å²) in [6, 6.07) is 10.4. The maximum absolute atomic E-state index is 12.7. The largest absolute Gasteiger partial charge is 0.494 e. The molecular weight excluding hydrogens is 454 g/mol. The number of ether oxygens (including phenoxy) is 1. The second-order valence-electron chi connectivity index (χ2n) is 8.83. The Morgan fingerprint density at radius 2 is 1.60 bits per heavy atom. The van der Waals surface area contributed by atoms with Crippen LogP contribution in [0.5, 0.6) is 5.75 Å². The Kier molecular flexibility index (Phi) is 10.6. The number of benzene rings is 2. The first kappa shape index (κ1) is 27.7. The third-order valence-corrected chi connectivity index (χ3v) is 5.76. The maximum atomic E-state index is 12.7. The fourth-order valence-corrected chi connectivity index (χ4v) is 3.53. The molecule has 1 atom stereocenters. The monoisotopic (exact) mass is 487 g/mol. The van der Waals surface area contributed by atoms with Crippen LogP contribution >= 0.6 is 0 Å². The van der Waals surface area contributed by atoms with E-state index in [-0.39, 0.29) is 12.2 Å². The average Bonchev–Trinajstić information content (AvgIpc) is 2.85. The minimum atomic E-state index is -1.04. The molecule has 2 rings (SSSR count). The first-order valence-electron chi connectivity index (χ1n) is 11.8. The second kappa shape index (κ2) is 13.4. The average molecular weight is 488 g/mol. The number of nitrogens with one attached hydrogen (secondary N) is 1. The van der Waals surface area contributed by atoms with Crippen molar-refractivity contribution in [3.63, 3.8) is 0 Å². The number of nitro benzene ring substituents is 2. The van der Waals surface area contributed by atoms with E-state index < -0.39 is 32.7 Å². The highest BCUT2D eigenvalue weighted by Crippen LogP contribution is 2.24. The van der Waals surface area contributed by atoms with Crippen molar-refractivity contribution in [3.05, 3.63) is 73.8 Å². The lowest BCUT2D eigenvalue weighted by Gasteiger charge is -2.29. The van der Waals surface area contributed by atoms with Gasteiger partial charge in [0.25, 0.3) is 17.3 Å². The molecule has 0 spiro atoms. The summed E-state index contributed by atoms with van der Waals surface area (Å²) < 4.78 is 5.77. The summed E-state index contributed by atoms with van der Waals surface area (Å²) >= 11 is 0. The van der Waals surface area contributed by atoms with Gasteiger partial charge in [0, 0.05) is 12.1 Å². The number of hydrogen-bond donors (Lipinski definition) is 2. The molecule has 35 heavy (non-hydrogen) atoms. The zero-order chi connectivity index (χ0) is 25.8. The van der Waals surface area contributed by atoms with Crippen LogP contribution in [0.1, 0.15) is 68.3 Å². The van der Waals surface area contributed by atoms with Crippen molar-refractivity contribution < 1.29 is 24.5 Å². The van der Waals surface area contributed by atoms with Crippen molar-refractivity contribution >= 4 is 17.3 Å². The van der Waals surface area contributed by atoms with Crippen LogP contribution in [0.3, 0.4) is 0 Å². The molecule has 0 heterocycles. The number of carbonyl (C=O) groups is 1. The highest BCUT2D eigenvalue weighted by atomic mass is 16.6. The highest BCUT2D eigenvalue weighted by Gasteiger charge is 2.28. The van der Waals surface area contributed by atoms with Crippen molar-refractivity contribution in [1.82, 2.24) is 5.32 Å². The summed E-state index contributed by atoms with van der Waals surface area (Å²) in [6.45, 7) is 4.12. The van der Waals surface area contributed by atoms with Gasteiger partial charge in [0.05, 0.1) is 40.2 Å². The van der Waals surface area contributed by atoms with E-state index in [9.17, 15) is 30.1 Å². The summed E-state index contributed by atoms with van der Waals surface area (Å²) in [6.07, 6.45) is 6.77. The van der Waals surface area contributed by atoms with Crippen LogP contribution in [0.4, 0.5) is 11.4 Å². The molecule has 0 aromatic heterocycles. The van der Waals surface area contributed by atoms with Gasteiger partial charge in [-0.25, -0.2) is 0 Å². The molecule has 1 amide bonds. The molecule has 0 unspecified atom stereocenters. The van der Waals surface area contributed by atoms with E-state index in [1.807, 2.05) is 24.3 Å². The van der Waals surface area contributed by atoms with Crippen LogP contribution in [0.25, 0.3) is 0 Å². The number of unbranched alkanes of at least 4 members (excludes halogenated alkanes) is 4. The Morgan fingerprint density at radius 3 is 2.14 bits per heavy atom. The molecule has 0 radical (unpaired) electrons. The number of aryl methyl sites for hydroxylation is 1. The third-order valence-electron chi connectivity index (χ3n) is 5.76. The zero-order valence-corrected chi connectivity index (χ0v) is 20.2. The number of aliphatic hydroxyl groups excluding tert-OH is 1. The Hall–Kier alpha value is -3.53. The van der Waals surface area contributed by atoms with Crippen LogP contribution in [-0.4, -0.2) is 39.6 Å². The van der Waals surface area contributed by atoms with E-state index in [1.165, 1.54) is 19.3 Å². The highest BCUT2D eigenvalue weighted by molar-refractivity contribution is 5.96. The lowest BCUT2D eigenvalue weighted by Crippen LogP contribution is -2.49. The lowest BCUT2D eigenvalue weighted by atomic mass is 9.93. The van der Waals surface area contributed by atoms with Crippen LogP contribution in [0.2, 0.25) is 0 Å². The van der Waals surface area contributed by atoms with Crippen molar-refractivity contribution in [2.75, 3.05) is 13.2 Å². The predicted molar refractivity (Wildman–Crippen MR) is 132 cm³/mol. The van der Waals surface area contributed by atoms with Crippen molar-refractivity contribution in [2.45, 2.75) is 64.3 Å². The minimum absolute atomic E-state index is 0.221. The smallest absolute Gasteiger partial charge is 0.277 e. The number of nitro groups is 2. The summed E-state index contributed by atoms with van der Waals surface area (Å²) in [7, 11) is 0. The third kappa shape index (κ3) is 8.97. The summed E-state index contributed by atoms with van der Waals surface area (Å²) in [4.78, 5) is 33.3. The van der Waals surface area contributed by atoms with Gasteiger partial charge in [0.1, 0.15) is 5.75 Å². The quantitative estimate of drug-likeness (QED) is 0.205. The van der Waals surface area contributed by atoms with E-state index in [1.54, 1.807) is 6.92 Å². The molecule has 2 aromatic carbocycles. The van der Waals surface area contributed by atoms with Crippen molar-refractivity contribution in [3.8, 4) is 5.75 Å². The lowest BCUT2D eigenvalue weighted by molar-refractivity contribution is -0.394. The first-order chi connectivity index (χ1) is 16.7. The molecule has 0 bridgehead atoms. The second-order valence-corrected chi connectivity index (χ2v) is 8.83. The van der Waals surface area contributed by atoms with Crippen LogP contribution in [-0.2, 0) is 6.42 Å². The minimum Gasteiger partial charge on any atom is -0.494 e. The van der Waals surface area contributed by atoms with Gasteiger partial charge in [-0.05, 0) is 43.9 Å². The molecule has 0 aliphatic heterocycles. The molecule has 0 aliphatic carbocycles.